The first-order valence-electron chi connectivity index (χ1n) is 7.86. The molecule has 3 heterocycles. The molecule has 0 saturated carbocycles. The van der Waals surface area contributed by atoms with Crippen molar-refractivity contribution in [2.24, 2.45) is 5.41 Å². The van der Waals surface area contributed by atoms with Crippen LogP contribution in [0.4, 0.5) is 10.7 Å². The van der Waals surface area contributed by atoms with Crippen LogP contribution in [0.15, 0.2) is 12.3 Å². The number of hydrogen-bond acceptors (Lipinski definition) is 7. The van der Waals surface area contributed by atoms with Gasteiger partial charge >= 0.3 is 12.1 Å². The zero-order valence-electron chi connectivity index (χ0n) is 14.4. The van der Waals surface area contributed by atoms with E-state index in [1.807, 2.05) is 25.7 Å². The highest BCUT2D eigenvalue weighted by Gasteiger charge is 2.54. The number of anilines is 1. The summed E-state index contributed by atoms with van der Waals surface area (Å²) >= 11 is 0. The molecule has 0 N–H and O–H groups in total. The molecule has 0 unspecified atom stereocenters. The van der Waals surface area contributed by atoms with Crippen molar-refractivity contribution in [3.8, 4) is 0 Å². The van der Waals surface area contributed by atoms with Crippen molar-refractivity contribution in [2.45, 2.75) is 26.4 Å². The van der Waals surface area contributed by atoms with Crippen LogP contribution in [0.1, 0.15) is 31.3 Å². The first kappa shape index (κ1) is 16.5. The second kappa shape index (κ2) is 5.61. The van der Waals surface area contributed by atoms with Gasteiger partial charge in [0.05, 0.1) is 7.11 Å². The molecule has 1 aromatic heterocycles. The number of carbonyl (C=O) groups excluding carboxylic acids is 2. The van der Waals surface area contributed by atoms with E-state index in [9.17, 15) is 9.59 Å². The van der Waals surface area contributed by atoms with Crippen molar-refractivity contribution in [3.05, 3.63) is 18.0 Å². The summed E-state index contributed by atoms with van der Waals surface area (Å²) in [7, 11) is 1.32. The predicted octanol–water partition coefficient (Wildman–Crippen LogP) is 1.32. The van der Waals surface area contributed by atoms with Crippen molar-refractivity contribution in [2.75, 3.05) is 38.2 Å². The first-order valence-corrected chi connectivity index (χ1v) is 7.86. The summed E-state index contributed by atoms with van der Waals surface area (Å²) in [6, 6.07) is 1.53. The Kier molecular flexibility index (Phi) is 3.85. The van der Waals surface area contributed by atoms with Crippen molar-refractivity contribution in [1.29, 1.82) is 0 Å². The number of ether oxygens (including phenoxy) is 2. The number of rotatable bonds is 2. The summed E-state index contributed by atoms with van der Waals surface area (Å²) in [5, 5.41) is 0. The molecular formula is C16H22N4O4. The SMILES string of the molecule is COC(=O)c1ccnc(N2CC3(CN(C(=O)OC(C)(C)C)C3)C2)n1. The van der Waals surface area contributed by atoms with E-state index in [1.54, 1.807) is 11.1 Å². The molecule has 0 bridgehead atoms. The number of aromatic nitrogens is 2. The highest BCUT2D eigenvalue weighted by molar-refractivity contribution is 5.87. The lowest BCUT2D eigenvalue weighted by Gasteiger charge is -2.59. The average Bonchev–Trinajstić information content (AvgIpc) is 2.42. The fourth-order valence-electron chi connectivity index (χ4n) is 3.04. The maximum atomic E-state index is 12.0. The van der Waals surface area contributed by atoms with E-state index in [4.69, 9.17) is 4.74 Å². The second-order valence-corrected chi connectivity index (χ2v) is 7.43. The van der Waals surface area contributed by atoms with Crippen LogP contribution in [0.3, 0.4) is 0 Å². The van der Waals surface area contributed by atoms with E-state index in [1.165, 1.54) is 13.2 Å². The molecule has 0 aliphatic carbocycles. The van der Waals surface area contributed by atoms with Gasteiger partial charge < -0.3 is 19.3 Å². The lowest BCUT2D eigenvalue weighted by molar-refractivity contribution is -0.0456. The Morgan fingerprint density at radius 2 is 1.88 bits per heavy atom. The Balaban J connectivity index is 1.54. The van der Waals surface area contributed by atoms with Crippen LogP contribution in [0.5, 0.6) is 0 Å². The Morgan fingerprint density at radius 3 is 2.46 bits per heavy atom. The Morgan fingerprint density at radius 1 is 1.21 bits per heavy atom. The number of methoxy groups -OCH3 is 1. The molecule has 0 atom stereocenters. The van der Waals surface area contributed by atoms with E-state index < -0.39 is 11.6 Å². The third kappa shape index (κ3) is 3.13. The molecule has 0 aromatic carbocycles. The van der Waals surface area contributed by atoms with Crippen LogP contribution in [-0.2, 0) is 9.47 Å². The van der Waals surface area contributed by atoms with Crippen molar-refractivity contribution < 1.29 is 19.1 Å². The van der Waals surface area contributed by atoms with Gasteiger partial charge in [0.1, 0.15) is 5.60 Å². The smallest absolute Gasteiger partial charge is 0.410 e. The van der Waals surface area contributed by atoms with Crippen LogP contribution in [0.25, 0.3) is 0 Å². The molecule has 8 nitrogen and oxygen atoms in total. The topological polar surface area (TPSA) is 84.9 Å². The number of nitrogens with zero attached hydrogens (tertiary/aromatic N) is 4. The average molecular weight is 334 g/mol. The first-order chi connectivity index (χ1) is 11.2. The summed E-state index contributed by atoms with van der Waals surface area (Å²) in [5.74, 6) is 0.0351. The molecule has 1 amide bonds. The summed E-state index contributed by atoms with van der Waals surface area (Å²) in [6.45, 7) is 8.45. The standard InChI is InChI=1S/C16H22N4O4/c1-15(2,3)24-14(22)20-9-16(10-20)7-19(8-16)13-17-6-5-11(18-13)12(21)23-4/h5-6H,7-10H2,1-4H3. The lowest BCUT2D eigenvalue weighted by Crippen LogP contribution is -2.73. The summed E-state index contributed by atoms with van der Waals surface area (Å²) in [6.07, 6.45) is 1.28. The van der Waals surface area contributed by atoms with E-state index in [0.717, 1.165) is 13.1 Å². The monoisotopic (exact) mass is 334 g/mol. The van der Waals surface area contributed by atoms with Gasteiger partial charge in [-0.3, -0.25) is 0 Å². The minimum absolute atomic E-state index is 0.0849. The molecule has 3 rings (SSSR count). The zero-order valence-corrected chi connectivity index (χ0v) is 14.4. The third-order valence-electron chi connectivity index (χ3n) is 4.08. The van der Waals surface area contributed by atoms with Crippen LogP contribution in [-0.4, -0.2) is 65.8 Å². The Bertz CT molecular complexity index is 656. The van der Waals surface area contributed by atoms with Gasteiger partial charge in [0.2, 0.25) is 5.95 Å². The molecule has 2 aliphatic rings. The summed E-state index contributed by atoms with van der Waals surface area (Å²) in [5.41, 5.74) is -0.151. The molecule has 2 aliphatic heterocycles. The number of carbonyl (C=O) groups is 2. The Hall–Kier alpha value is -2.38. The van der Waals surface area contributed by atoms with Crippen molar-refractivity contribution in [3.63, 3.8) is 0 Å². The largest absolute Gasteiger partial charge is 0.464 e. The molecule has 8 heteroatoms. The van der Waals surface area contributed by atoms with Gasteiger partial charge in [-0.1, -0.05) is 0 Å². The van der Waals surface area contributed by atoms with Crippen LogP contribution in [0, 0.1) is 5.41 Å². The van der Waals surface area contributed by atoms with Gasteiger partial charge in [-0.05, 0) is 26.8 Å². The predicted molar refractivity (Wildman–Crippen MR) is 85.8 cm³/mol. The maximum absolute atomic E-state index is 12.0. The molecular weight excluding hydrogens is 312 g/mol. The molecule has 2 saturated heterocycles. The fraction of sp³-hybridized carbons (Fsp3) is 0.625. The minimum atomic E-state index is -0.479. The normalized spacial score (nSPS) is 18.7. The Labute approximate surface area is 140 Å². The van der Waals surface area contributed by atoms with Gasteiger partial charge in [-0.2, -0.15) is 0 Å². The van der Waals surface area contributed by atoms with Gasteiger partial charge in [-0.15, -0.1) is 0 Å². The quantitative estimate of drug-likeness (QED) is 0.754. The maximum Gasteiger partial charge on any atom is 0.410 e. The van der Waals surface area contributed by atoms with Crippen molar-refractivity contribution in [1.82, 2.24) is 14.9 Å². The van der Waals surface area contributed by atoms with Crippen LogP contribution in [0.2, 0.25) is 0 Å². The highest BCUT2D eigenvalue weighted by Crippen LogP contribution is 2.41. The molecule has 130 valence electrons. The molecule has 1 spiro atoms. The second-order valence-electron chi connectivity index (χ2n) is 7.43. The fourth-order valence-corrected chi connectivity index (χ4v) is 3.04. The van der Waals surface area contributed by atoms with E-state index in [0.29, 0.717) is 19.0 Å². The van der Waals surface area contributed by atoms with Crippen LogP contribution >= 0.6 is 0 Å². The van der Waals surface area contributed by atoms with Crippen LogP contribution < -0.4 is 4.90 Å². The number of hydrogen-bond donors (Lipinski definition) is 0. The number of likely N-dealkylation sites (tertiary alicyclic amines) is 1. The minimum Gasteiger partial charge on any atom is -0.464 e. The summed E-state index contributed by atoms with van der Waals surface area (Å²) in [4.78, 5) is 35.7. The summed E-state index contributed by atoms with van der Waals surface area (Å²) < 4.78 is 10.0. The molecule has 0 radical (unpaired) electrons. The van der Waals surface area contributed by atoms with Gasteiger partial charge in [0.25, 0.3) is 0 Å². The van der Waals surface area contributed by atoms with E-state index in [2.05, 4.69) is 14.7 Å². The molecule has 2 fully saturated rings. The zero-order chi connectivity index (χ0) is 17.5. The van der Waals surface area contributed by atoms with E-state index >= 15 is 0 Å². The van der Waals surface area contributed by atoms with E-state index in [-0.39, 0.29) is 17.2 Å². The lowest BCUT2D eigenvalue weighted by atomic mass is 9.73. The van der Waals surface area contributed by atoms with Gasteiger partial charge in [-0.25, -0.2) is 19.6 Å². The highest BCUT2D eigenvalue weighted by atomic mass is 16.6. The number of amides is 1. The van der Waals surface area contributed by atoms with Gasteiger partial charge in [0.15, 0.2) is 5.69 Å². The van der Waals surface area contributed by atoms with Crippen molar-refractivity contribution >= 4 is 18.0 Å². The van der Waals surface area contributed by atoms with Gasteiger partial charge in [0, 0.05) is 37.8 Å². The molecule has 1 aromatic rings. The number of esters is 1. The third-order valence-corrected chi connectivity index (χ3v) is 4.08. The molecule has 24 heavy (non-hydrogen) atoms.